The molecule has 0 spiro atoms. The fourth-order valence-corrected chi connectivity index (χ4v) is 3.39. The maximum atomic E-state index is 13.1. The monoisotopic (exact) mass is 352 g/mol. The van der Waals surface area contributed by atoms with E-state index in [1.54, 1.807) is 10.9 Å². The molecular weight excluding hydrogens is 332 g/mol. The molecule has 0 fully saturated rings. The number of aromatic nitrogens is 6. The number of aromatic amines is 1. The first-order valence-corrected chi connectivity index (χ1v) is 8.44. The first kappa shape index (κ1) is 16.2. The van der Waals surface area contributed by atoms with Gasteiger partial charge in [0.15, 0.2) is 0 Å². The van der Waals surface area contributed by atoms with Crippen LogP contribution >= 0.6 is 0 Å². The van der Waals surface area contributed by atoms with Crippen LogP contribution in [0.3, 0.4) is 0 Å². The highest BCUT2D eigenvalue weighted by atomic mass is 16.1. The van der Waals surface area contributed by atoms with Gasteiger partial charge in [-0.3, -0.25) is 9.89 Å². The maximum Gasteiger partial charge on any atom is 0.255 e. The zero-order chi connectivity index (χ0) is 18.4. The van der Waals surface area contributed by atoms with Crippen molar-refractivity contribution in [2.45, 2.75) is 26.8 Å². The Hall–Kier alpha value is -3.23. The molecule has 0 bridgehead atoms. The van der Waals surface area contributed by atoms with Crippen LogP contribution in [0.4, 0.5) is 11.6 Å². The van der Waals surface area contributed by atoms with Crippen LogP contribution in [-0.4, -0.2) is 43.4 Å². The lowest BCUT2D eigenvalue weighted by molar-refractivity contribution is -0.113. The normalized spacial score (nSPS) is 17.1. The van der Waals surface area contributed by atoms with Crippen LogP contribution < -0.4 is 10.2 Å². The zero-order valence-electron chi connectivity index (χ0n) is 15.1. The van der Waals surface area contributed by atoms with Crippen LogP contribution in [0.25, 0.3) is 10.9 Å². The van der Waals surface area contributed by atoms with Gasteiger partial charge in [-0.25, -0.2) is 4.68 Å². The highest BCUT2D eigenvalue weighted by Crippen LogP contribution is 2.37. The summed E-state index contributed by atoms with van der Waals surface area (Å²) in [5.74, 6) is 0.632. The van der Waals surface area contributed by atoms with Gasteiger partial charge in [-0.15, -0.1) is 0 Å². The summed E-state index contributed by atoms with van der Waals surface area (Å²) in [4.78, 5) is 15.0. The molecule has 2 aromatic heterocycles. The molecule has 0 saturated heterocycles. The number of nitrogens with zero attached hydrogens (tertiary/aromatic N) is 6. The standard InChI is InChI=1S/C17H20N8O/c1-9(2)15-14(10(3)24(4)17-21-22-23-25(15)17)16(26)19-12-5-6-13-11(7-12)8-18-20-13/h5-9,15H,1-4H3,(H,18,20)(H,19,26)/t15-/m0/s1. The van der Waals surface area contributed by atoms with Gasteiger partial charge in [-0.1, -0.05) is 18.9 Å². The number of tetrazole rings is 1. The molecule has 3 aromatic rings. The molecule has 1 aliphatic rings. The molecule has 0 radical (unpaired) electrons. The van der Waals surface area contributed by atoms with Gasteiger partial charge in [-0.05, 0) is 41.5 Å². The topological polar surface area (TPSA) is 105 Å². The molecule has 1 atom stereocenters. The summed E-state index contributed by atoms with van der Waals surface area (Å²) in [6.45, 7) is 6.03. The lowest BCUT2D eigenvalue weighted by Gasteiger charge is -2.34. The second kappa shape index (κ2) is 5.94. The number of nitrogens with one attached hydrogen (secondary N) is 2. The predicted octanol–water partition coefficient (Wildman–Crippen LogP) is 2.11. The van der Waals surface area contributed by atoms with E-state index in [1.165, 1.54) is 0 Å². The van der Waals surface area contributed by atoms with Crippen molar-refractivity contribution in [3.8, 4) is 0 Å². The van der Waals surface area contributed by atoms with E-state index in [1.807, 2.05) is 37.1 Å². The fourth-order valence-electron chi connectivity index (χ4n) is 3.39. The zero-order valence-corrected chi connectivity index (χ0v) is 15.1. The molecule has 0 unspecified atom stereocenters. The molecule has 9 nitrogen and oxygen atoms in total. The highest BCUT2D eigenvalue weighted by molar-refractivity contribution is 6.06. The van der Waals surface area contributed by atoms with Gasteiger partial charge in [0.1, 0.15) is 0 Å². The van der Waals surface area contributed by atoms with E-state index in [9.17, 15) is 4.79 Å². The third-order valence-electron chi connectivity index (χ3n) is 4.80. The van der Waals surface area contributed by atoms with Crippen molar-refractivity contribution in [3.05, 3.63) is 35.7 Å². The number of carbonyl (C=O) groups excluding carboxylic acids is 1. The van der Waals surface area contributed by atoms with Crippen LogP contribution in [-0.2, 0) is 4.79 Å². The summed E-state index contributed by atoms with van der Waals surface area (Å²) in [6, 6.07) is 5.42. The van der Waals surface area contributed by atoms with E-state index in [4.69, 9.17) is 0 Å². The Labute approximate surface area is 150 Å². The van der Waals surface area contributed by atoms with Gasteiger partial charge in [0.25, 0.3) is 5.91 Å². The van der Waals surface area contributed by atoms with Crippen LogP contribution in [0, 0.1) is 5.92 Å². The molecule has 1 aromatic carbocycles. The summed E-state index contributed by atoms with van der Waals surface area (Å²) < 4.78 is 1.71. The number of amides is 1. The number of H-pyrrole nitrogens is 1. The van der Waals surface area contributed by atoms with Crippen molar-refractivity contribution in [2.75, 3.05) is 17.3 Å². The average Bonchev–Trinajstić information content (AvgIpc) is 3.25. The third kappa shape index (κ3) is 2.43. The van der Waals surface area contributed by atoms with Gasteiger partial charge in [0.2, 0.25) is 5.95 Å². The van der Waals surface area contributed by atoms with Crippen LogP contribution in [0.5, 0.6) is 0 Å². The van der Waals surface area contributed by atoms with Gasteiger partial charge >= 0.3 is 0 Å². The number of anilines is 2. The molecule has 1 amide bonds. The Kier molecular flexibility index (Phi) is 3.71. The molecule has 26 heavy (non-hydrogen) atoms. The first-order chi connectivity index (χ1) is 12.5. The lowest BCUT2D eigenvalue weighted by atomic mass is 9.92. The Morgan fingerprint density at radius 2 is 2.15 bits per heavy atom. The Bertz CT molecular complexity index is 1010. The number of rotatable bonds is 3. The molecule has 0 saturated carbocycles. The van der Waals surface area contributed by atoms with Crippen molar-refractivity contribution in [3.63, 3.8) is 0 Å². The van der Waals surface area contributed by atoms with Crippen LogP contribution in [0.2, 0.25) is 0 Å². The van der Waals surface area contributed by atoms with E-state index >= 15 is 0 Å². The van der Waals surface area contributed by atoms with E-state index in [2.05, 4.69) is 44.9 Å². The minimum Gasteiger partial charge on any atom is -0.322 e. The van der Waals surface area contributed by atoms with Crippen LogP contribution in [0.15, 0.2) is 35.7 Å². The van der Waals surface area contributed by atoms with Gasteiger partial charge in [0, 0.05) is 23.8 Å². The fraction of sp³-hybridized carbons (Fsp3) is 0.353. The molecule has 4 rings (SSSR count). The second-order valence-corrected chi connectivity index (χ2v) is 6.80. The second-order valence-electron chi connectivity index (χ2n) is 6.80. The number of hydrogen-bond acceptors (Lipinski definition) is 6. The van der Waals surface area contributed by atoms with Crippen molar-refractivity contribution >= 4 is 28.4 Å². The highest BCUT2D eigenvalue weighted by Gasteiger charge is 2.37. The summed E-state index contributed by atoms with van der Waals surface area (Å²) in [7, 11) is 1.86. The van der Waals surface area contributed by atoms with Crippen LogP contribution in [0.1, 0.15) is 26.8 Å². The van der Waals surface area contributed by atoms with Crippen molar-refractivity contribution in [1.29, 1.82) is 0 Å². The summed E-state index contributed by atoms with van der Waals surface area (Å²) in [5, 5.41) is 22.8. The smallest absolute Gasteiger partial charge is 0.255 e. The molecule has 9 heteroatoms. The average molecular weight is 352 g/mol. The number of hydrogen-bond donors (Lipinski definition) is 2. The number of fused-ring (bicyclic) bond motifs is 2. The summed E-state index contributed by atoms with van der Waals surface area (Å²) >= 11 is 0. The third-order valence-corrected chi connectivity index (χ3v) is 4.80. The summed E-state index contributed by atoms with van der Waals surface area (Å²) in [5.41, 5.74) is 3.15. The molecular formula is C17H20N8O. The summed E-state index contributed by atoms with van der Waals surface area (Å²) in [6.07, 6.45) is 1.73. The number of carbonyl (C=O) groups is 1. The van der Waals surface area contributed by atoms with E-state index in [-0.39, 0.29) is 17.9 Å². The molecule has 0 aliphatic carbocycles. The molecule has 3 heterocycles. The van der Waals surface area contributed by atoms with Crippen molar-refractivity contribution < 1.29 is 4.79 Å². The maximum absolute atomic E-state index is 13.1. The molecule has 1 aliphatic heterocycles. The van der Waals surface area contributed by atoms with E-state index in [0.717, 1.165) is 22.3 Å². The van der Waals surface area contributed by atoms with Gasteiger partial charge in [-0.2, -0.15) is 5.10 Å². The van der Waals surface area contributed by atoms with E-state index in [0.29, 0.717) is 11.5 Å². The SMILES string of the molecule is CC1=C(C(=O)Nc2ccc3[nH]ncc3c2)[C@H](C(C)C)n2nnnc2N1C. The van der Waals surface area contributed by atoms with Gasteiger partial charge < -0.3 is 10.2 Å². The largest absolute Gasteiger partial charge is 0.322 e. The Balaban J connectivity index is 1.71. The van der Waals surface area contributed by atoms with Crippen molar-refractivity contribution in [1.82, 2.24) is 30.4 Å². The van der Waals surface area contributed by atoms with Gasteiger partial charge in [0.05, 0.1) is 23.3 Å². The number of allylic oxidation sites excluding steroid dienone is 1. The predicted molar refractivity (Wildman–Crippen MR) is 97.5 cm³/mol. The minimum absolute atomic E-state index is 0.151. The Morgan fingerprint density at radius 3 is 2.92 bits per heavy atom. The molecule has 2 N–H and O–H groups in total. The van der Waals surface area contributed by atoms with Crippen molar-refractivity contribution in [2.24, 2.45) is 5.92 Å². The first-order valence-electron chi connectivity index (χ1n) is 8.44. The lowest BCUT2D eigenvalue weighted by Crippen LogP contribution is -2.37. The van der Waals surface area contributed by atoms with E-state index < -0.39 is 0 Å². The quantitative estimate of drug-likeness (QED) is 0.748. The molecule has 134 valence electrons. The number of benzene rings is 1. The Morgan fingerprint density at radius 1 is 1.35 bits per heavy atom. The minimum atomic E-state index is -0.228.